The van der Waals surface area contributed by atoms with Crippen molar-refractivity contribution in [3.63, 3.8) is 0 Å². The highest BCUT2D eigenvalue weighted by Crippen LogP contribution is 2.26. The lowest BCUT2D eigenvalue weighted by Crippen LogP contribution is -1.88. The van der Waals surface area contributed by atoms with E-state index >= 15 is 0 Å². The first kappa shape index (κ1) is 11.8. The monoisotopic (exact) mass is 268 g/mol. The second-order valence-electron chi connectivity index (χ2n) is 4.12. The molecule has 1 N–H and O–H groups in total. The van der Waals surface area contributed by atoms with E-state index < -0.39 is 0 Å². The summed E-state index contributed by atoms with van der Waals surface area (Å²) in [6.45, 7) is 2.06. The summed E-state index contributed by atoms with van der Waals surface area (Å²) in [6.07, 6.45) is 1.75. The summed E-state index contributed by atoms with van der Waals surface area (Å²) in [4.78, 5) is 4.26. The van der Waals surface area contributed by atoms with Gasteiger partial charge in [-0.2, -0.15) is 0 Å². The molecule has 2 heterocycles. The first-order valence-corrected chi connectivity index (χ1v) is 6.71. The van der Waals surface area contributed by atoms with Crippen molar-refractivity contribution in [1.29, 1.82) is 0 Å². The van der Waals surface area contributed by atoms with Crippen LogP contribution in [0.5, 0.6) is 0 Å². The topological polar surface area (TPSA) is 50.7 Å². The molecule has 3 aromatic rings. The normalized spacial score (nSPS) is 10.4. The van der Waals surface area contributed by atoms with Gasteiger partial charge in [-0.25, -0.2) is 0 Å². The SMILES string of the molecule is Cc1ccc(Nc2nnc(-c3ccccn3)s2)cc1. The van der Waals surface area contributed by atoms with Crippen molar-refractivity contribution in [2.24, 2.45) is 0 Å². The minimum absolute atomic E-state index is 0.768. The predicted octanol–water partition coefficient (Wildman–Crippen LogP) is 3.65. The summed E-state index contributed by atoms with van der Waals surface area (Å²) in [5.41, 5.74) is 3.09. The van der Waals surface area contributed by atoms with Crippen LogP contribution in [-0.2, 0) is 0 Å². The molecule has 0 radical (unpaired) electrons. The van der Waals surface area contributed by atoms with Crippen LogP contribution in [0.15, 0.2) is 48.7 Å². The van der Waals surface area contributed by atoms with E-state index in [0.717, 1.165) is 21.5 Å². The van der Waals surface area contributed by atoms with Crippen LogP contribution in [-0.4, -0.2) is 15.2 Å². The van der Waals surface area contributed by atoms with E-state index in [9.17, 15) is 0 Å². The van der Waals surface area contributed by atoms with Crippen LogP contribution in [0.4, 0.5) is 10.8 Å². The minimum Gasteiger partial charge on any atom is -0.330 e. The molecule has 0 aliphatic rings. The average molecular weight is 268 g/mol. The summed E-state index contributed by atoms with van der Waals surface area (Å²) in [6, 6.07) is 13.9. The average Bonchev–Trinajstić information content (AvgIpc) is 2.91. The molecule has 0 fully saturated rings. The third kappa shape index (κ3) is 2.77. The molecule has 0 atom stereocenters. The number of hydrogen-bond donors (Lipinski definition) is 1. The Morgan fingerprint density at radius 1 is 1.00 bits per heavy atom. The zero-order valence-corrected chi connectivity index (χ0v) is 11.2. The highest BCUT2D eigenvalue weighted by atomic mass is 32.1. The van der Waals surface area contributed by atoms with Crippen LogP contribution in [0, 0.1) is 6.92 Å². The van der Waals surface area contributed by atoms with Gasteiger partial charge in [-0.3, -0.25) is 4.98 Å². The first-order valence-electron chi connectivity index (χ1n) is 5.90. The second-order valence-corrected chi connectivity index (χ2v) is 5.10. The number of aryl methyl sites for hydroxylation is 1. The molecule has 0 aliphatic carbocycles. The molecule has 0 bridgehead atoms. The van der Waals surface area contributed by atoms with Gasteiger partial charge in [0.15, 0.2) is 5.01 Å². The summed E-state index contributed by atoms with van der Waals surface area (Å²) in [5.74, 6) is 0. The molecular weight excluding hydrogens is 256 g/mol. The Kier molecular flexibility index (Phi) is 3.20. The molecule has 1 aromatic carbocycles. The van der Waals surface area contributed by atoms with E-state index in [2.05, 4.69) is 39.6 Å². The number of nitrogens with one attached hydrogen (secondary N) is 1. The van der Waals surface area contributed by atoms with Gasteiger partial charge in [-0.15, -0.1) is 10.2 Å². The number of aromatic nitrogens is 3. The van der Waals surface area contributed by atoms with Gasteiger partial charge >= 0.3 is 0 Å². The number of benzene rings is 1. The van der Waals surface area contributed by atoms with Gasteiger partial charge in [0.2, 0.25) is 5.13 Å². The molecule has 0 aliphatic heterocycles. The fraction of sp³-hybridized carbons (Fsp3) is 0.0714. The largest absolute Gasteiger partial charge is 0.330 e. The minimum atomic E-state index is 0.768. The summed E-state index contributed by atoms with van der Waals surface area (Å²) >= 11 is 1.49. The smallest absolute Gasteiger partial charge is 0.210 e. The third-order valence-electron chi connectivity index (χ3n) is 2.61. The van der Waals surface area contributed by atoms with Gasteiger partial charge in [-0.05, 0) is 31.2 Å². The molecule has 94 valence electrons. The summed E-state index contributed by atoms with van der Waals surface area (Å²) < 4.78 is 0. The zero-order valence-electron chi connectivity index (χ0n) is 10.4. The van der Waals surface area contributed by atoms with E-state index in [-0.39, 0.29) is 0 Å². The van der Waals surface area contributed by atoms with E-state index in [1.807, 2.05) is 30.3 Å². The van der Waals surface area contributed by atoms with E-state index in [1.54, 1.807) is 6.20 Å². The molecule has 3 rings (SSSR count). The van der Waals surface area contributed by atoms with E-state index in [1.165, 1.54) is 16.9 Å². The second kappa shape index (κ2) is 5.16. The van der Waals surface area contributed by atoms with Crippen molar-refractivity contribution in [1.82, 2.24) is 15.2 Å². The Morgan fingerprint density at radius 2 is 1.84 bits per heavy atom. The van der Waals surface area contributed by atoms with Gasteiger partial charge in [0.25, 0.3) is 0 Å². The Bertz CT molecular complexity index is 661. The summed E-state index contributed by atoms with van der Waals surface area (Å²) in [7, 11) is 0. The van der Waals surface area contributed by atoms with Crippen LogP contribution < -0.4 is 5.32 Å². The fourth-order valence-corrected chi connectivity index (χ4v) is 2.37. The molecular formula is C14H12N4S. The lowest BCUT2D eigenvalue weighted by molar-refractivity contribution is 1.09. The standard InChI is InChI=1S/C14H12N4S/c1-10-5-7-11(8-6-10)16-14-18-17-13(19-14)12-4-2-3-9-15-12/h2-9H,1H3,(H,16,18). The van der Waals surface area contributed by atoms with Crippen molar-refractivity contribution in [2.75, 3.05) is 5.32 Å². The molecule has 2 aromatic heterocycles. The maximum absolute atomic E-state index is 4.26. The molecule has 0 amide bonds. The Labute approximate surface area is 115 Å². The van der Waals surface area contributed by atoms with Crippen LogP contribution in [0.25, 0.3) is 10.7 Å². The maximum atomic E-state index is 4.26. The van der Waals surface area contributed by atoms with Crippen LogP contribution in [0.3, 0.4) is 0 Å². The Morgan fingerprint density at radius 3 is 2.58 bits per heavy atom. The lowest BCUT2D eigenvalue weighted by atomic mass is 10.2. The number of anilines is 2. The zero-order chi connectivity index (χ0) is 13.1. The molecule has 0 unspecified atom stereocenters. The van der Waals surface area contributed by atoms with Gasteiger partial charge in [0, 0.05) is 11.9 Å². The van der Waals surface area contributed by atoms with Gasteiger partial charge in [0.1, 0.15) is 5.69 Å². The van der Waals surface area contributed by atoms with Gasteiger partial charge in [0.05, 0.1) is 0 Å². The van der Waals surface area contributed by atoms with Crippen molar-refractivity contribution >= 4 is 22.2 Å². The maximum Gasteiger partial charge on any atom is 0.210 e. The van der Waals surface area contributed by atoms with Crippen LogP contribution >= 0.6 is 11.3 Å². The van der Waals surface area contributed by atoms with Gasteiger partial charge < -0.3 is 5.32 Å². The lowest BCUT2D eigenvalue weighted by Gasteiger charge is -2.01. The molecule has 5 heteroatoms. The number of nitrogens with zero attached hydrogens (tertiary/aromatic N) is 3. The fourth-order valence-electron chi connectivity index (χ4n) is 1.63. The van der Waals surface area contributed by atoms with Crippen LogP contribution in [0.2, 0.25) is 0 Å². The third-order valence-corrected chi connectivity index (χ3v) is 3.47. The molecule has 0 spiro atoms. The predicted molar refractivity (Wildman–Crippen MR) is 77.6 cm³/mol. The summed E-state index contributed by atoms with van der Waals surface area (Å²) in [5, 5.41) is 13.1. The highest BCUT2D eigenvalue weighted by Gasteiger charge is 2.07. The van der Waals surface area contributed by atoms with Crippen molar-refractivity contribution in [3.05, 3.63) is 54.2 Å². The van der Waals surface area contributed by atoms with Crippen molar-refractivity contribution in [2.45, 2.75) is 6.92 Å². The number of hydrogen-bond acceptors (Lipinski definition) is 5. The molecule has 19 heavy (non-hydrogen) atoms. The molecule has 0 saturated heterocycles. The Balaban J connectivity index is 1.80. The molecule has 0 saturated carbocycles. The number of pyridine rings is 1. The number of rotatable bonds is 3. The van der Waals surface area contributed by atoms with E-state index in [4.69, 9.17) is 0 Å². The first-order chi connectivity index (χ1) is 9.31. The van der Waals surface area contributed by atoms with E-state index in [0.29, 0.717) is 0 Å². The van der Waals surface area contributed by atoms with Crippen molar-refractivity contribution in [3.8, 4) is 10.7 Å². The van der Waals surface area contributed by atoms with Gasteiger partial charge in [-0.1, -0.05) is 35.1 Å². The van der Waals surface area contributed by atoms with Crippen molar-refractivity contribution < 1.29 is 0 Å². The Hall–Kier alpha value is -2.27. The van der Waals surface area contributed by atoms with Crippen LogP contribution in [0.1, 0.15) is 5.56 Å². The quantitative estimate of drug-likeness (QED) is 0.787. The molecule has 4 nitrogen and oxygen atoms in total. The highest BCUT2D eigenvalue weighted by molar-refractivity contribution is 7.18.